The summed E-state index contributed by atoms with van der Waals surface area (Å²) in [5.74, 6) is -0.229. The minimum absolute atomic E-state index is 0.0156. The van der Waals surface area contributed by atoms with Gasteiger partial charge in [-0.25, -0.2) is 0 Å². The van der Waals surface area contributed by atoms with E-state index in [2.05, 4.69) is 0 Å². The van der Waals surface area contributed by atoms with Crippen molar-refractivity contribution in [2.75, 3.05) is 19.8 Å². The smallest absolute Gasteiger partial charge is 0.419 e. The summed E-state index contributed by atoms with van der Waals surface area (Å²) in [6.45, 7) is 0.999. The number of hydrogen-bond donors (Lipinski definition) is 1. The zero-order valence-corrected chi connectivity index (χ0v) is 10.9. The predicted molar refractivity (Wildman–Crippen MR) is 66.5 cm³/mol. The van der Waals surface area contributed by atoms with E-state index in [0.717, 1.165) is 6.07 Å². The van der Waals surface area contributed by atoms with Crippen LogP contribution in [-0.2, 0) is 10.9 Å². The van der Waals surface area contributed by atoms with Crippen LogP contribution in [0.15, 0.2) is 24.3 Å². The molecule has 1 aliphatic heterocycles. The van der Waals surface area contributed by atoms with E-state index in [4.69, 9.17) is 9.47 Å². The first-order valence-electron chi connectivity index (χ1n) is 6.53. The van der Waals surface area contributed by atoms with Crippen molar-refractivity contribution in [3.63, 3.8) is 0 Å². The van der Waals surface area contributed by atoms with E-state index in [1.54, 1.807) is 0 Å². The van der Waals surface area contributed by atoms with Crippen LogP contribution in [0.25, 0.3) is 0 Å². The third-order valence-corrected chi connectivity index (χ3v) is 3.41. The Bertz CT molecular complexity index is 428. The van der Waals surface area contributed by atoms with E-state index >= 15 is 0 Å². The number of rotatable bonds is 4. The number of alkyl halides is 3. The molecule has 1 aromatic carbocycles. The third kappa shape index (κ3) is 3.86. The van der Waals surface area contributed by atoms with Crippen LogP contribution < -0.4 is 4.74 Å². The van der Waals surface area contributed by atoms with Gasteiger partial charge in [-0.15, -0.1) is 0 Å². The van der Waals surface area contributed by atoms with Crippen molar-refractivity contribution < 1.29 is 27.8 Å². The van der Waals surface area contributed by atoms with Gasteiger partial charge >= 0.3 is 6.18 Å². The molecule has 0 amide bonds. The molecule has 3 nitrogen and oxygen atoms in total. The lowest BCUT2D eigenvalue weighted by Crippen LogP contribution is -2.32. The van der Waals surface area contributed by atoms with E-state index in [-0.39, 0.29) is 18.3 Å². The number of aliphatic hydroxyl groups excluding tert-OH is 1. The molecule has 0 aromatic heterocycles. The molecule has 0 radical (unpaired) electrons. The summed E-state index contributed by atoms with van der Waals surface area (Å²) in [5.41, 5.74) is -0.820. The predicted octanol–water partition coefficient (Wildman–Crippen LogP) is 2.87. The average Bonchev–Trinajstić information content (AvgIpc) is 2.45. The third-order valence-electron chi connectivity index (χ3n) is 3.41. The molecule has 6 heteroatoms. The first kappa shape index (κ1) is 15.1. The number of ether oxygens (including phenoxy) is 2. The van der Waals surface area contributed by atoms with Gasteiger partial charge < -0.3 is 14.6 Å². The molecule has 20 heavy (non-hydrogen) atoms. The van der Waals surface area contributed by atoms with Gasteiger partial charge in [-0.1, -0.05) is 12.1 Å². The molecule has 0 bridgehead atoms. The van der Waals surface area contributed by atoms with Gasteiger partial charge in [0, 0.05) is 13.2 Å². The van der Waals surface area contributed by atoms with Gasteiger partial charge in [-0.2, -0.15) is 13.2 Å². The second kappa shape index (κ2) is 6.45. The van der Waals surface area contributed by atoms with Gasteiger partial charge in [0.1, 0.15) is 12.4 Å². The lowest BCUT2D eigenvalue weighted by Gasteiger charge is -2.27. The van der Waals surface area contributed by atoms with E-state index in [9.17, 15) is 18.3 Å². The lowest BCUT2D eigenvalue weighted by atomic mass is 9.94. The highest BCUT2D eigenvalue weighted by Crippen LogP contribution is 2.36. The van der Waals surface area contributed by atoms with Crippen LogP contribution in [0.3, 0.4) is 0 Å². The Kier molecular flexibility index (Phi) is 4.88. The van der Waals surface area contributed by atoms with E-state index in [0.29, 0.717) is 26.1 Å². The molecule has 0 aliphatic carbocycles. The molecular weight excluding hydrogens is 273 g/mol. The normalized spacial score (nSPS) is 18.8. The van der Waals surface area contributed by atoms with Crippen LogP contribution in [0.4, 0.5) is 13.2 Å². The summed E-state index contributed by atoms with van der Waals surface area (Å²) >= 11 is 0. The van der Waals surface area contributed by atoms with Crippen molar-refractivity contribution in [1.29, 1.82) is 0 Å². The largest absolute Gasteiger partial charge is 0.490 e. The topological polar surface area (TPSA) is 38.7 Å². The molecule has 112 valence electrons. The summed E-state index contributed by atoms with van der Waals surface area (Å²) in [4.78, 5) is 0. The minimum atomic E-state index is -4.46. The Morgan fingerprint density at radius 3 is 2.55 bits per heavy atom. The summed E-state index contributed by atoms with van der Waals surface area (Å²) in [7, 11) is 0. The Morgan fingerprint density at radius 1 is 1.25 bits per heavy atom. The zero-order chi connectivity index (χ0) is 14.6. The standard InChI is InChI=1S/C14H17F3O3/c15-14(16,17)11-3-1-2-4-13(11)20-9-12(18)10-5-7-19-8-6-10/h1-4,10,12,18H,5-9H2. The molecule has 0 spiro atoms. The average molecular weight is 290 g/mol. The van der Waals surface area contributed by atoms with Crippen LogP contribution in [-0.4, -0.2) is 31.0 Å². The summed E-state index contributed by atoms with van der Waals surface area (Å²) in [6, 6.07) is 5.02. The van der Waals surface area contributed by atoms with Gasteiger partial charge in [0.15, 0.2) is 0 Å². The van der Waals surface area contributed by atoms with E-state index < -0.39 is 17.8 Å². The zero-order valence-electron chi connectivity index (χ0n) is 10.9. The molecule has 1 aliphatic rings. The van der Waals surface area contributed by atoms with E-state index in [1.807, 2.05) is 0 Å². The highest BCUT2D eigenvalue weighted by molar-refractivity contribution is 5.35. The van der Waals surface area contributed by atoms with Crippen LogP contribution in [0, 0.1) is 5.92 Å². The van der Waals surface area contributed by atoms with Crippen molar-refractivity contribution in [1.82, 2.24) is 0 Å². The molecule has 1 saturated heterocycles. The quantitative estimate of drug-likeness (QED) is 0.926. The van der Waals surface area contributed by atoms with Crippen molar-refractivity contribution >= 4 is 0 Å². The van der Waals surface area contributed by atoms with Crippen molar-refractivity contribution in [3.05, 3.63) is 29.8 Å². The van der Waals surface area contributed by atoms with Gasteiger partial charge in [0.05, 0.1) is 11.7 Å². The molecule has 1 aromatic rings. The monoisotopic (exact) mass is 290 g/mol. The van der Waals surface area contributed by atoms with Crippen molar-refractivity contribution in [2.45, 2.75) is 25.1 Å². The molecule has 1 heterocycles. The van der Waals surface area contributed by atoms with Gasteiger partial charge in [-0.3, -0.25) is 0 Å². The van der Waals surface area contributed by atoms with Crippen LogP contribution in [0.2, 0.25) is 0 Å². The van der Waals surface area contributed by atoms with Gasteiger partial charge in [0.2, 0.25) is 0 Å². The Hall–Kier alpha value is -1.27. The van der Waals surface area contributed by atoms with Crippen LogP contribution in [0.1, 0.15) is 18.4 Å². The Morgan fingerprint density at radius 2 is 1.90 bits per heavy atom. The Balaban J connectivity index is 1.96. The Labute approximate surface area is 115 Å². The number of benzene rings is 1. The van der Waals surface area contributed by atoms with Crippen molar-refractivity contribution in [3.8, 4) is 5.75 Å². The number of aliphatic hydroxyl groups is 1. The fraction of sp³-hybridized carbons (Fsp3) is 0.571. The first-order chi connectivity index (χ1) is 9.48. The molecule has 1 fully saturated rings. The highest BCUT2D eigenvalue weighted by Gasteiger charge is 2.34. The SMILES string of the molecule is OC(COc1ccccc1C(F)(F)F)C1CCOCC1. The van der Waals surface area contributed by atoms with Gasteiger partial charge in [0.25, 0.3) is 0 Å². The van der Waals surface area contributed by atoms with Gasteiger partial charge in [-0.05, 0) is 30.9 Å². The second-order valence-corrected chi connectivity index (χ2v) is 4.82. The summed E-state index contributed by atoms with van der Waals surface area (Å²) in [5, 5.41) is 9.97. The van der Waals surface area contributed by atoms with Crippen molar-refractivity contribution in [2.24, 2.45) is 5.92 Å². The second-order valence-electron chi connectivity index (χ2n) is 4.82. The molecule has 1 unspecified atom stereocenters. The number of halogens is 3. The van der Waals surface area contributed by atoms with Crippen LogP contribution in [0.5, 0.6) is 5.75 Å². The minimum Gasteiger partial charge on any atom is -0.490 e. The molecule has 0 saturated carbocycles. The summed E-state index contributed by atoms with van der Waals surface area (Å²) < 4.78 is 48.6. The molecule has 1 N–H and O–H groups in total. The maximum absolute atomic E-state index is 12.8. The van der Waals surface area contributed by atoms with E-state index in [1.165, 1.54) is 18.2 Å². The van der Waals surface area contributed by atoms with Crippen LogP contribution >= 0.6 is 0 Å². The maximum Gasteiger partial charge on any atom is 0.419 e. The molecular formula is C14H17F3O3. The fourth-order valence-corrected chi connectivity index (χ4v) is 2.24. The lowest BCUT2D eigenvalue weighted by molar-refractivity contribution is -0.139. The highest BCUT2D eigenvalue weighted by atomic mass is 19.4. The maximum atomic E-state index is 12.8. The molecule has 1 atom stereocenters. The molecule has 2 rings (SSSR count). The number of para-hydroxylation sites is 1. The number of hydrogen-bond acceptors (Lipinski definition) is 3. The summed E-state index contributed by atoms with van der Waals surface area (Å²) in [6.07, 6.45) is -3.84. The fourth-order valence-electron chi connectivity index (χ4n) is 2.24. The first-order valence-corrected chi connectivity index (χ1v) is 6.53.